The minimum Gasteiger partial charge on any atom is -0.351 e. The predicted molar refractivity (Wildman–Crippen MR) is 99.4 cm³/mol. The fourth-order valence-electron chi connectivity index (χ4n) is 3.14. The third kappa shape index (κ3) is 4.98. The molecule has 2 amide bonds. The molecular formula is C18H27N3O2S. The van der Waals surface area contributed by atoms with E-state index in [-0.39, 0.29) is 17.7 Å². The van der Waals surface area contributed by atoms with Gasteiger partial charge in [-0.1, -0.05) is 19.8 Å². The van der Waals surface area contributed by atoms with Gasteiger partial charge in [0.25, 0.3) is 5.91 Å². The third-order valence-electron chi connectivity index (χ3n) is 4.47. The lowest BCUT2D eigenvalue weighted by molar-refractivity contribution is -0.121. The number of carbonyl (C=O) groups excluding carboxylic acids is 2. The average Bonchev–Trinajstić information content (AvgIpc) is 2.59. The molecule has 1 aromatic carbocycles. The summed E-state index contributed by atoms with van der Waals surface area (Å²) in [4.78, 5) is 25.9. The van der Waals surface area contributed by atoms with Crippen LogP contribution >= 0.6 is 11.8 Å². The van der Waals surface area contributed by atoms with Gasteiger partial charge in [-0.2, -0.15) is 0 Å². The van der Waals surface area contributed by atoms with Crippen LogP contribution in [0.3, 0.4) is 0 Å². The Morgan fingerprint density at radius 2 is 2.12 bits per heavy atom. The summed E-state index contributed by atoms with van der Waals surface area (Å²) in [5.41, 5.74) is 6.52. The molecule has 2 rings (SSSR count). The smallest absolute Gasteiger partial charge is 0.253 e. The van der Waals surface area contributed by atoms with E-state index in [2.05, 4.69) is 17.6 Å². The normalized spacial score (nSPS) is 20.5. The molecule has 1 aliphatic rings. The first kappa shape index (κ1) is 18.8. The van der Waals surface area contributed by atoms with E-state index in [1.165, 1.54) is 6.42 Å². The fourth-order valence-corrected chi connectivity index (χ4v) is 3.57. The molecule has 132 valence electrons. The number of hydrogen-bond acceptors (Lipinski definition) is 4. The fraction of sp³-hybridized carbons (Fsp3) is 0.556. The number of nitrogens with two attached hydrogens (primary N) is 1. The minimum atomic E-state index is -0.205. The molecule has 0 heterocycles. The highest BCUT2D eigenvalue weighted by atomic mass is 32.2. The average molecular weight is 350 g/mol. The summed E-state index contributed by atoms with van der Waals surface area (Å²) < 4.78 is 0. The molecule has 0 aromatic heterocycles. The van der Waals surface area contributed by atoms with Gasteiger partial charge < -0.3 is 16.4 Å². The third-order valence-corrected chi connectivity index (χ3v) is 5.19. The molecule has 5 nitrogen and oxygen atoms in total. The molecule has 0 saturated heterocycles. The lowest BCUT2D eigenvalue weighted by Gasteiger charge is -2.26. The standard InChI is InChI=1S/C18H27N3O2S/c1-12-4-3-5-13(10-12)17(22)21-16-7-6-14(24-2)11-15(16)18(23)20-9-8-19/h6-7,11-13H,3-5,8-10,19H2,1-2H3,(H,20,23)(H,21,22). The van der Waals surface area contributed by atoms with E-state index in [1.54, 1.807) is 11.8 Å². The van der Waals surface area contributed by atoms with Gasteiger partial charge in [-0.05, 0) is 43.2 Å². The van der Waals surface area contributed by atoms with Crippen molar-refractivity contribution < 1.29 is 9.59 Å². The van der Waals surface area contributed by atoms with E-state index in [0.717, 1.165) is 24.2 Å². The first-order chi connectivity index (χ1) is 11.5. The Hall–Kier alpha value is -1.53. The molecule has 2 atom stereocenters. The molecule has 1 saturated carbocycles. The van der Waals surface area contributed by atoms with Crippen LogP contribution < -0.4 is 16.4 Å². The Morgan fingerprint density at radius 3 is 2.79 bits per heavy atom. The second kappa shape index (κ2) is 9.08. The number of hydrogen-bond donors (Lipinski definition) is 3. The first-order valence-corrected chi connectivity index (χ1v) is 9.74. The van der Waals surface area contributed by atoms with Crippen LogP contribution in [0.2, 0.25) is 0 Å². The molecular weight excluding hydrogens is 322 g/mol. The highest BCUT2D eigenvalue weighted by molar-refractivity contribution is 7.98. The van der Waals surface area contributed by atoms with Crippen molar-refractivity contribution in [3.63, 3.8) is 0 Å². The first-order valence-electron chi connectivity index (χ1n) is 8.52. The van der Waals surface area contributed by atoms with Crippen LogP contribution in [0.5, 0.6) is 0 Å². The quantitative estimate of drug-likeness (QED) is 0.690. The number of benzene rings is 1. The predicted octanol–water partition coefficient (Wildman–Crippen LogP) is 2.86. The highest BCUT2D eigenvalue weighted by Crippen LogP contribution is 2.30. The van der Waals surface area contributed by atoms with Gasteiger partial charge in [0.05, 0.1) is 11.3 Å². The van der Waals surface area contributed by atoms with Gasteiger partial charge in [-0.3, -0.25) is 9.59 Å². The number of nitrogens with one attached hydrogen (secondary N) is 2. The molecule has 0 aliphatic heterocycles. The Labute approximate surface area is 148 Å². The molecule has 1 fully saturated rings. The van der Waals surface area contributed by atoms with Crippen LogP contribution in [0.4, 0.5) is 5.69 Å². The Balaban J connectivity index is 2.15. The van der Waals surface area contributed by atoms with Crippen molar-refractivity contribution in [1.29, 1.82) is 0 Å². The van der Waals surface area contributed by atoms with Crippen LogP contribution in [0.25, 0.3) is 0 Å². The summed E-state index contributed by atoms with van der Waals surface area (Å²) in [6.07, 6.45) is 6.09. The zero-order valence-electron chi connectivity index (χ0n) is 14.4. The lowest BCUT2D eigenvalue weighted by Crippen LogP contribution is -2.31. The Bertz CT molecular complexity index is 592. The zero-order valence-corrected chi connectivity index (χ0v) is 15.2. The highest BCUT2D eigenvalue weighted by Gasteiger charge is 2.26. The van der Waals surface area contributed by atoms with E-state index in [0.29, 0.717) is 30.3 Å². The van der Waals surface area contributed by atoms with E-state index in [1.807, 2.05) is 24.5 Å². The van der Waals surface area contributed by atoms with Crippen LogP contribution in [-0.2, 0) is 4.79 Å². The van der Waals surface area contributed by atoms with Crippen LogP contribution in [0.1, 0.15) is 43.0 Å². The second-order valence-corrected chi connectivity index (χ2v) is 7.29. The minimum absolute atomic E-state index is 0.0197. The molecule has 4 N–H and O–H groups in total. The molecule has 2 unspecified atom stereocenters. The maximum absolute atomic E-state index is 12.6. The van der Waals surface area contributed by atoms with Crippen LogP contribution in [-0.4, -0.2) is 31.2 Å². The molecule has 24 heavy (non-hydrogen) atoms. The van der Waals surface area contributed by atoms with Crippen molar-refractivity contribution in [1.82, 2.24) is 5.32 Å². The largest absolute Gasteiger partial charge is 0.351 e. The van der Waals surface area contributed by atoms with Crippen LogP contribution in [0.15, 0.2) is 23.1 Å². The topological polar surface area (TPSA) is 84.2 Å². The van der Waals surface area contributed by atoms with Gasteiger partial charge in [-0.25, -0.2) is 0 Å². The summed E-state index contributed by atoms with van der Waals surface area (Å²) >= 11 is 1.56. The van der Waals surface area contributed by atoms with E-state index >= 15 is 0 Å². The molecule has 1 aromatic rings. The SMILES string of the molecule is CSc1ccc(NC(=O)C2CCCC(C)C2)c(C(=O)NCCN)c1. The van der Waals surface area contributed by atoms with E-state index < -0.39 is 0 Å². The van der Waals surface area contributed by atoms with Gasteiger partial charge in [0.15, 0.2) is 0 Å². The van der Waals surface area contributed by atoms with E-state index in [9.17, 15) is 9.59 Å². The van der Waals surface area contributed by atoms with Gasteiger partial charge in [0, 0.05) is 23.9 Å². The molecule has 0 radical (unpaired) electrons. The summed E-state index contributed by atoms with van der Waals surface area (Å²) in [5, 5.41) is 5.74. The summed E-state index contributed by atoms with van der Waals surface area (Å²) in [6, 6.07) is 5.55. The summed E-state index contributed by atoms with van der Waals surface area (Å²) in [6.45, 7) is 2.99. The van der Waals surface area contributed by atoms with Crippen molar-refractivity contribution >= 4 is 29.3 Å². The Morgan fingerprint density at radius 1 is 1.33 bits per heavy atom. The zero-order chi connectivity index (χ0) is 17.5. The monoisotopic (exact) mass is 349 g/mol. The van der Waals surface area contributed by atoms with Crippen LogP contribution in [0, 0.1) is 11.8 Å². The van der Waals surface area contributed by atoms with E-state index in [4.69, 9.17) is 5.73 Å². The maximum Gasteiger partial charge on any atom is 0.253 e. The molecule has 0 spiro atoms. The number of anilines is 1. The van der Waals surface area contributed by atoms with Gasteiger partial charge in [0.1, 0.15) is 0 Å². The van der Waals surface area contributed by atoms with Crippen molar-refractivity contribution in [3.8, 4) is 0 Å². The van der Waals surface area contributed by atoms with Crippen molar-refractivity contribution in [2.24, 2.45) is 17.6 Å². The lowest BCUT2D eigenvalue weighted by atomic mass is 9.82. The Kier molecular flexibility index (Phi) is 7.12. The maximum atomic E-state index is 12.6. The van der Waals surface area contributed by atoms with Gasteiger partial charge in [0.2, 0.25) is 5.91 Å². The van der Waals surface area contributed by atoms with Crippen molar-refractivity contribution in [2.75, 3.05) is 24.7 Å². The van der Waals surface area contributed by atoms with Crippen molar-refractivity contribution in [3.05, 3.63) is 23.8 Å². The number of rotatable bonds is 6. The summed E-state index contributed by atoms with van der Waals surface area (Å²) in [7, 11) is 0. The molecule has 6 heteroatoms. The molecule has 0 bridgehead atoms. The van der Waals surface area contributed by atoms with Gasteiger partial charge >= 0.3 is 0 Å². The molecule has 1 aliphatic carbocycles. The number of amides is 2. The van der Waals surface area contributed by atoms with Gasteiger partial charge in [-0.15, -0.1) is 11.8 Å². The number of carbonyl (C=O) groups is 2. The van der Waals surface area contributed by atoms with Crippen molar-refractivity contribution in [2.45, 2.75) is 37.5 Å². The summed E-state index contributed by atoms with van der Waals surface area (Å²) in [5.74, 6) is 0.435. The second-order valence-electron chi connectivity index (χ2n) is 6.41. The number of thioether (sulfide) groups is 1.